The van der Waals surface area contributed by atoms with Crippen molar-refractivity contribution in [1.82, 2.24) is 0 Å². The minimum Gasteiger partial charge on any atom is -0.458 e. The summed E-state index contributed by atoms with van der Waals surface area (Å²) >= 11 is 0. The molecule has 1 heterocycles. The van der Waals surface area contributed by atoms with E-state index in [0.717, 1.165) is 63.4 Å². The molecule has 4 heteroatoms. The number of Topliss-reactive ketones (excluding diaryl/α,β-unsaturated/α-hetero) is 1. The average Bonchev–Trinajstić information content (AvgIpc) is 3.16. The maximum atomic E-state index is 12.1. The second-order valence-corrected chi connectivity index (χ2v) is 10.5. The van der Waals surface area contributed by atoms with Crippen molar-refractivity contribution >= 4 is 11.8 Å². The summed E-state index contributed by atoms with van der Waals surface area (Å²) in [6.45, 7) is 5.08. The molecule has 1 aliphatic heterocycles. The van der Waals surface area contributed by atoms with Gasteiger partial charge in [-0.05, 0) is 79.6 Å². The minimum absolute atomic E-state index is 0.165. The van der Waals surface area contributed by atoms with Gasteiger partial charge in [-0.15, -0.1) is 0 Å². The highest BCUT2D eigenvalue weighted by molar-refractivity contribution is 5.85. The lowest BCUT2D eigenvalue weighted by atomic mass is 9.43. The highest BCUT2D eigenvalue weighted by atomic mass is 16.5. The summed E-state index contributed by atoms with van der Waals surface area (Å²) in [6.07, 6.45) is 10.2. The van der Waals surface area contributed by atoms with Crippen LogP contribution in [0.15, 0.2) is 11.6 Å². The number of carbonyl (C=O) groups excluding carboxylic acids is 2. The fraction of sp³-hybridized carbons (Fsp3) is 0.826. The van der Waals surface area contributed by atoms with Gasteiger partial charge in [-0.2, -0.15) is 0 Å². The molecule has 0 saturated heterocycles. The molecule has 0 amide bonds. The van der Waals surface area contributed by atoms with Crippen molar-refractivity contribution in [3.05, 3.63) is 11.6 Å². The van der Waals surface area contributed by atoms with Gasteiger partial charge >= 0.3 is 5.97 Å². The van der Waals surface area contributed by atoms with E-state index in [-0.39, 0.29) is 22.7 Å². The zero-order valence-electron chi connectivity index (χ0n) is 16.6. The molecule has 0 aromatic carbocycles. The number of ketones is 1. The van der Waals surface area contributed by atoms with Crippen LogP contribution in [-0.4, -0.2) is 29.1 Å². The first kappa shape index (κ1) is 17.9. The number of rotatable bonds is 1. The second-order valence-electron chi connectivity index (χ2n) is 10.5. The standard InChI is InChI=1S/C23H32O4/c1-21-8-5-16(24)12-15(21)3-4-19-18(21)6-9-22(2)17(7-10-23(19,22)26)14-11-20(25)27-13-14/h11,15,17-19,26H,3-10,12-13H2,1-2H3/t15?,17-,18+,19-,21+,22-,23+/m1/s1. The van der Waals surface area contributed by atoms with Crippen LogP contribution in [0, 0.1) is 34.5 Å². The maximum Gasteiger partial charge on any atom is 0.331 e. The van der Waals surface area contributed by atoms with Gasteiger partial charge in [0.2, 0.25) is 0 Å². The minimum atomic E-state index is -0.650. The van der Waals surface area contributed by atoms with E-state index in [4.69, 9.17) is 4.74 Å². The van der Waals surface area contributed by atoms with Crippen LogP contribution in [0.4, 0.5) is 0 Å². The Morgan fingerprint density at radius 2 is 1.85 bits per heavy atom. The fourth-order valence-corrected chi connectivity index (χ4v) is 8.20. The number of hydrogen-bond donors (Lipinski definition) is 1. The predicted octanol–water partition coefficient (Wildman–Crippen LogP) is 3.81. The summed E-state index contributed by atoms with van der Waals surface area (Å²) in [5, 5.41) is 12.1. The number of ether oxygens (including phenoxy) is 1. The molecule has 148 valence electrons. The maximum absolute atomic E-state index is 12.1. The topological polar surface area (TPSA) is 63.6 Å². The Bertz CT molecular complexity index is 726. The molecule has 0 spiro atoms. The zero-order valence-corrected chi connectivity index (χ0v) is 16.6. The molecule has 5 rings (SSSR count). The Labute approximate surface area is 161 Å². The number of cyclic esters (lactones) is 1. The van der Waals surface area contributed by atoms with Crippen molar-refractivity contribution < 1.29 is 19.4 Å². The van der Waals surface area contributed by atoms with Gasteiger partial charge in [-0.1, -0.05) is 13.8 Å². The van der Waals surface area contributed by atoms with Crippen LogP contribution < -0.4 is 0 Å². The van der Waals surface area contributed by atoms with E-state index in [9.17, 15) is 14.7 Å². The van der Waals surface area contributed by atoms with Crippen LogP contribution in [-0.2, 0) is 14.3 Å². The second kappa shape index (κ2) is 5.68. The Kier molecular flexibility index (Phi) is 3.77. The summed E-state index contributed by atoms with van der Waals surface area (Å²) in [6, 6.07) is 0. The highest BCUT2D eigenvalue weighted by Gasteiger charge is 2.67. The molecule has 0 radical (unpaired) electrons. The first-order valence-corrected chi connectivity index (χ1v) is 10.9. The Morgan fingerprint density at radius 1 is 1.04 bits per heavy atom. The summed E-state index contributed by atoms with van der Waals surface area (Å²) in [5.74, 6) is 1.83. The van der Waals surface area contributed by atoms with E-state index >= 15 is 0 Å². The number of esters is 1. The van der Waals surface area contributed by atoms with Gasteiger partial charge in [0.1, 0.15) is 12.4 Å². The van der Waals surface area contributed by atoms with Gasteiger partial charge in [-0.25, -0.2) is 4.79 Å². The fourth-order valence-electron chi connectivity index (χ4n) is 8.20. The Hall–Kier alpha value is -1.16. The van der Waals surface area contributed by atoms with Crippen LogP contribution in [0.25, 0.3) is 0 Å². The van der Waals surface area contributed by atoms with Gasteiger partial charge in [-0.3, -0.25) is 4.79 Å². The molecular weight excluding hydrogens is 340 g/mol. The van der Waals surface area contributed by atoms with E-state index in [0.29, 0.717) is 30.1 Å². The molecular formula is C23H32O4. The van der Waals surface area contributed by atoms with Gasteiger partial charge < -0.3 is 9.84 Å². The van der Waals surface area contributed by atoms with E-state index in [2.05, 4.69) is 13.8 Å². The predicted molar refractivity (Wildman–Crippen MR) is 101 cm³/mol. The normalized spacial score (nSPS) is 51.9. The van der Waals surface area contributed by atoms with Crippen LogP contribution in [0.3, 0.4) is 0 Å². The molecule has 5 aliphatic rings. The quantitative estimate of drug-likeness (QED) is 0.711. The summed E-state index contributed by atoms with van der Waals surface area (Å²) in [7, 11) is 0. The summed E-state index contributed by atoms with van der Waals surface area (Å²) in [5.41, 5.74) is 0.488. The van der Waals surface area contributed by atoms with Crippen LogP contribution in [0.5, 0.6) is 0 Å². The number of hydrogen-bond acceptors (Lipinski definition) is 4. The van der Waals surface area contributed by atoms with Crippen molar-refractivity contribution in [2.24, 2.45) is 34.5 Å². The highest BCUT2D eigenvalue weighted by Crippen LogP contribution is 2.69. The first-order valence-electron chi connectivity index (χ1n) is 10.9. The molecule has 4 nitrogen and oxygen atoms in total. The monoisotopic (exact) mass is 372 g/mol. The van der Waals surface area contributed by atoms with Gasteiger partial charge in [0.25, 0.3) is 0 Å². The lowest BCUT2D eigenvalue weighted by molar-refractivity contribution is -0.203. The van der Waals surface area contributed by atoms with Crippen molar-refractivity contribution in [3.8, 4) is 0 Å². The van der Waals surface area contributed by atoms with Crippen LogP contribution in [0.1, 0.15) is 71.6 Å². The number of fused-ring (bicyclic) bond motifs is 5. The third-order valence-electron chi connectivity index (χ3n) is 9.80. The van der Waals surface area contributed by atoms with Crippen molar-refractivity contribution in [3.63, 3.8) is 0 Å². The summed E-state index contributed by atoms with van der Waals surface area (Å²) in [4.78, 5) is 23.7. The lowest BCUT2D eigenvalue weighted by Gasteiger charge is -2.63. The number of carbonyl (C=O) groups is 2. The van der Waals surface area contributed by atoms with Crippen molar-refractivity contribution in [2.75, 3.05) is 6.61 Å². The molecule has 0 bridgehead atoms. The van der Waals surface area contributed by atoms with Crippen LogP contribution >= 0.6 is 0 Å². The molecule has 27 heavy (non-hydrogen) atoms. The molecule has 0 aromatic rings. The van der Waals surface area contributed by atoms with Crippen molar-refractivity contribution in [1.29, 1.82) is 0 Å². The molecule has 4 fully saturated rings. The molecule has 0 aromatic heterocycles. The Morgan fingerprint density at radius 3 is 2.59 bits per heavy atom. The van der Waals surface area contributed by atoms with Gasteiger partial charge in [0.05, 0.1) is 5.60 Å². The van der Waals surface area contributed by atoms with E-state index in [1.165, 1.54) is 0 Å². The van der Waals surface area contributed by atoms with E-state index in [1.807, 2.05) is 0 Å². The molecule has 4 aliphatic carbocycles. The SMILES string of the molecule is C[C@]12CCC(=O)CC1CC[C@@H]1[C@@H]2CC[C@]2(C)[C@@H](C3=CC(=O)OC3)CC[C@]12O. The lowest BCUT2D eigenvalue weighted by Crippen LogP contribution is -2.62. The zero-order chi connectivity index (χ0) is 19.0. The smallest absolute Gasteiger partial charge is 0.331 e. The van der Waals surface area contributed by atoms with Crippen LogP contribution in [0.2, 0.25) is 0 Å². The van der Waals surface area contributed by atoms with Crippen molar-refractivity contribution in [2.45, 2.75) is 77.2 Å². The first-order chi connectivity index (χ1) is 12.8. The summed E-state index contributed by atoms with van der Waals surface area (Å²) < 4.78 is 5.19. The molecule has 7 atom stereocenters. The molecule has 1 N–H and O–H groups in total. The Balaban J connectivity index is 1.48. The van der Waals surface area contributed by atoms with Gasteiger partial charge in [0.15, 0.2) is 0 Å². The molecule has 1 unspecified atom stereocenters. The largest absolute Gasteiger partial charge is 0.458 e. The number of aliphatic hydroxyl groups is 1. The van der Waals surface area contributed by atoms with E-state index in [1.54, 1.807) is 6.08 Å². The van der Waals surface area contributed by atoms with E-state index < -0.39 is 5.60 Å². The third kappa shape index (κ3) is 2.25. The van der Waals surface area contributed by atoms with Gasteiger partial charge in [0, 0.05) is 24.3 Å². The average molecular weight is 373 g/mol. The molecule has 4 saturated carbocycles. The third-order valence-corrected chi connectivity index (χ3v) is 9.80.